The average molecular weight is 318 g/mol. The fraction of sp³-hybridized carbons (Fsp3) is 0.857. The minimum absolute atomic E-state index is 0.0785. The first-order valence-corrected chi connectivity index (χ1v) is 8.87. The van der Waals surface area contributed by atoms with Crippen molar-refractivity contribution in [1.82, 2.24) is 9.57 Å². The van der Waals surface area contributed by atoms with Crippen molar-refractivity contribution in [2.75, 3.05) is 19.6 Å². The van der Waals surface area contributed by atoms with Gasteiger partial charge >= 0.3 is 19.6 Å². The van der Waals surface area contributed by atoms with E-state index < -0.39 is 19.6 Å². The van der Waals surface area contributed by atoms with Gasteiger partial charge in [-0.25, -0.2) is 13.8 Å². The Morgan fingerprint density at radius 2 is 1.19 bits per heavy atom. The van der Waals surface area contributed by atoms with Crippen molar-refractivity contribution in [1.29, 1.82) is 0 Å². The highest BCUT2D eigenvalue weighted by atomic mass is 31.1. The average Bonchev–Trinajstić information content (AvgIpc) is 2.46. The number of rotatable bonds is 10. The van der Waals surface area contributed by atoms with E-state index in [0.717, 1.165) is 32.1 Å². The van der Waals surface area contributed by atoms with Crippen LogP contribution in [0.4, 0.5) is 0 Å². The zero-order valence-corrected chi connectivity index (χ0v) is 14.2. The van der Waals surface area contributed by atoms with E-state index in [1.165, 1.54) is 4.90 Å². The van der Waals surface area contributed by atoms with E-state index in [9.17, 15) is 18.7 Å². The second kappa shape index (κ2) is 11.5. The van der Waals surface area contributed by atoms with Crippen LogP contribution in [0.5, 0.6) is 0 Å². The number of unbranched alkanes of at least 4 members (excludes halogenated alkanes) is 3. The summed E-state index contributed by atoms with van der Waals surface area (Å²) in [7, 11) is -3.06. The second-order valence-corrected chi connectivity index (χ2v) is 5.98. The van der Waals surface area contributed by atoms with Gasteiger partial charge in [-0.05, 0) is 19.3 Å². The Balaban J connectivity index is 4.87. The molecule has 0 aliphatic heterocycles. The van der Waals surface area contributed by atoms with Crippen molar-refractivity contribution in [3.05, 3.63) is 0 Å². The molecule has 0 aliphatic carbocycles. The van der Waals surface area contributed by atoms with E-state index in [2.05, 4.69) is 0 Å². The van der Waals surface area contributed by atoms with Crippen molar-refractivity contribution >= 4 is 19.6 Å². The molecule has 0 N–H and O–H groups in total. The lowest BCUT2D eigenvalue weighted by molar-refractivity contribution is -0.149. The number of hydrogen-bond acceptors (Lipinski definition) is 4. The van der Waals surface area contributed by atoms with Crippen molar-refractivity contribution in [2.24, 2.45) is 0 Å². The number of hydrogen-bond donors (Lipinski definition) is 0. The predicted octanol–water partition coefficient (Wildman–Crippen LogP) is 3.13. The molecule has 7 heteroatoms. The van der Waals surface area contributed by atoms with Gasteiger partial charge in [-0.2, -0.15) is 0 Å². The van der Waals surface area contributed by atoms with Crippen molar-refractivity contribution in [3.63, 3.8) is 0 Å². The molecule has 0 rings (SSSR count). The van der Waals surface area contributed by atoms with Crippen molar-refractivity contribution in [3.8, 4) is 0 Å². The van der Waals surface area contributed by atoms with Gasteiger partial charge in [0, 0.05) is 19.6 Å². The maximum absolute atomic E-state index is 12.2. The molecule has 0 aliphatic rings. The number of amides is 2. The van der Waals surface area contributed by atoms with Gasteiger partial charge in [0.1, 0.15) is 0 Å². The lowest BCUT2D eigenvalue weighted by Crippen LogP contribution is -2.43. The summed E-state index contributed by atoms with van der Waals surface area (Å²) < 4.78 is 23.0. The Labute approximate surface area is 127 Å². The maximum Gasteiger partial charge on any atom is 0.429 e. The van der Waals surface area contributed by atoms with Crippen LogP contribution in [-0.4, -0.2) is 41.0 Å². The fourth-order valence-corrected chi connectivity index (χ4v) is 2.36. The van der Waals surface area contributed by atoms with Crippen LogP contribution in [0.1, 0.15) is 59.3 Å². The molecule has 0 atom stereocenters. The summed E-state index contributed by atoms with van der Waals surface area (Å²) in [6.45, 7) is 6.99. The van der Waals surface area contributed by atoms with E-state index in [0.29, 0.717) is 24.2 Å². The van der Waals surface area contributed by atoms with Crippen LogP contribution in [-0.2, 0) is 18.7 Å². The van der Waals surface area contributed by atoms with Crippen LogP contribution >= 0.6 is 7.83 Å². The zero-order chi connectivity index (χ0) is 16.3. The fourth-order valence-electron chi connectivity index (χ4n) is 1.82. The Morgan fingerprint density at radius 3 is 1.57 bits per heavy atom. The van der Waals surface area contributed by atoms with E-state index in [1.54, 1.807) is 0 Å². The highest BCUT2D eigenvalue weighted by Crippen LogP contribution is 2.16. The second-order valence-electron chi connectivity index (χ2n) is 5.02. The van der Waals surface area contributed by atoms with Crippen LogP contribution in [0.15, 0.2) is 0 Å². The minimum atomic E-state index is -3.06. The van der Waals surface area contributed by atoms with Crippen LogP contribution in [0.25, 0.3) is 0 Å². The van der Waals surface area contributed by atoms with Gasteiger partial charge in [0.05, 0.1) is 0 Å². The van der Waals surface area contributed by atoms with Crippen LogP contribution < -0.4 is 0 Å². The molecule has 0 aromatic rings. The highest BCUT2D eigenvalue weighted by Gasteiger charge is 2.29. The molecule has 0 saturated carbocycles. The Kier molecular flexibility index (Phi) is 10.9. The molecule has 0 saturated heterocycles. The van der Waals surface area contributed by atoms with E-state index >= 15 is 0 Å². The molecule has 6 nitrogen and oxygen atoms in total. The van der Waals surface area contributed by atoms with Crippen LogP contribution in [0.2, 0.25) is 0 Å². The number of nitrogens with zero attached hydrogens (tertiary/aromatic N) is 2. The van der Waals surface area contributed by atoms with Gasteiger partial charge in [-0.15, -0.1) is 0 Å². The van der Waals surface area contributed by atoms with Gasteiger partial charge in [0.15, 0.2) is 0 Å². The monoisotopic (exact) mass is 318 g/mol. The third-order valence-electron chi connectivity index (χ3n) is 3.19. The molecule has 122 valence electrons. The first kappa shape index (κ1) is 19.8. The first-order chi connectivity index (χ1) is 9.99. The van der Waals surface area contributed by atoms with E-state index in [1.807, 2.05) is 20.8 Å². The van der Waals surface area contributed by atoms with Crippen molar-refractivity contribution in [2.45, 2.75) is 59.3 Å². The largest absolute Gasteiger partial charge is 0.429 e. The minimum Gasteiger partial charge on any atom is -0.334 e. The molecule has 0 heterocycles. The Morgan fingerprint density at radius 1 is 0.762 bits per heavy atom. The summed E-state index contributed by atoms with van der Waals surface area (Å²) in [5.41, 5.74) is 0. The molecule has 0 bridgehead atoms. The maximum atomic E-state index is 12.2. The molecule has 0 spiro atoms. The van der Waals surface area contributed by atoms with E-state index in [-0.39, 0.29) is 6.54 Å². The third-order valence-corrected chi connectivity index (χ3v) is 3.96. The topological polar surface area (TPSA) is 74.8 Å². The summed E-state index contributed by atoms with van der Waals surface area (Å²) in [6.07, 6.45) is 4.77. The summed E-state index contributed by atoms with van der Waals surface area (Å²) in [5.74, 6) is -1.63. The van der Waals surface area contributed by atoms with Gasteiger partial charge in [0.25, 0.3) is 0 Å². The van der Waals surface area contributed by atoms with Gasteiger partial charge in [-0.1, -0.05) is 40.0 Å². The molecular weight excluding hydrogens is 291 g/mol. The highest BCUT2D eigenvalue weighted by molar-refractivity contribution is 7.29. The smallest absolute Gasteiger partial charge is 0.334 e. The summed E-state index contributed by atoms with van der Waals surface area (Å²) in [6, 6.07) is 0. The normalized spacial score (nSPS) is 10.2. The SMILES string of the molecule is CCCCN(CCCC)C(=O)C(=O)N(CCCC)P(=O)=O. The number of carbonyl (C=O) groups is 2. The Bertz CT molecular complexity index is 380. The lowest BCUT2D eigenvalue weighted by Gasteiger charge is -2.23. The molecular formula is C14H27N2O4P. The summed E-state index contributed by atoms with van der Waals surface area (Å²) in [5, 5.41) is 0. The Hall–Kier alpha value is -1.16. The summed E-state index contributed by atoms with van der Waals surface area (Å²) in [4.78, 5) is 25.8. The van der Waals surface area contributed by atoms with Gasteiger partial charge in [0.2, 0.25) is 0 Å². The molecule has 2 amide bonds. The molecule has 0 fully saturated rings. The van der Waals surface area contributed by atoms with Gasteiger partial charge in [-0.3, -0.25) is 9.59 Å². The zero-order valence-electron chi connectivity index (χ0n) is 13.3. The lowest BCUT2D eigenvalue weighted by atomic mass is 10.2. The predicted molar refractivity (Wildman–Crippen MR) is 81.3 cm³/mol. The third kappa shape index (κ3) is 7.42. The molecule has 0 radical (unpaired) electrons. The van der Waals surface area contributed by atoms with Crippen molar-refractivity contribution < 1.29 is 18.7 Å². The number of carbonyl (C=O) groups excluding carboxylic acids is 2. The summed E-state index contributed by atoms with van der Waals surface area (Å²) >= 11 is 0. The standard InChI is InChI=1S/C14H27N2O4P/c1-4-7-10-15(11-8-5-2)13(17)14(18)16(21(19)20)12-9-6-3/h4-12H2,1-3H3. The van der Waals surface area contributed by atoms with Crippen LogP contribution in [0, 0.1) is 0 Å². The van der Waals surface area contributed by atoms with E-state index in [4.69, 9.17) is 0 Å². The quantitative estimate of drug-likeness (QED) is 0.458. The first-order valence-electron chi connectivity index (χ1n) is 7.74. The van der Waals surface area contributed by atoms with Gasteiger partial charge < -0.3 is 4.90 Å². The molecule has 0 unspecified atom stereocenters. The van der Waals surface area contributed by atoms with Crippen LogP contribution in [0.3, 0.4) is 0 Å². The molecule has 0 aromatic carbocycles. The molecule has 21 heavy (non-hydrogen) atoms. The molecule has 0 aromatic heterocycles.